The van der Waals surface area contributed by atoms with Crippen LogP contribution in [-0.4, -0.2) is 24.3 Å². The van der Waals surface area contributed by atoms with Gasteiger partial charge in [0.1, 0.15) is 0 Å². The fraction of sp³-hybridized carbons (Fsp3) is 0.391. The highest BCUT2D eigenvalue weighted by atomic mass is 16.7. The highest BCUT2D eigenvalue weighted by molar-refractivity contribution is 5.94. The van der Waals surface area contributed by atoms with Crippen molar-refractivity contribution >= 4 is 17.6 Å². The van der Waals surface area contributed by atoms with E-state index in [1.54, 1.807) is 32.0 Å². The Hall–Kier alpha value is -3.02. The van der Waals surface area contributed by atoms with E-state index in [1.165, 1.54) is 0 Å². The summed E-state index contributed by atoms with van der Waals surface area (Å²) in [4.78, 5) is 24.8. The molecule has 4 rings (SSSR count). The maximum atomic E-state index is 12.5. The van der Waals surface area contributed by atoms with Crippen molar-refractivity contribution in [2.75, 3.05) is 11.9 Å². The molecule has 1 spiro atoms. The summed E-state index contributed by atoms with van der Waals surface area (Å²) in [6.45, 7) is 3.20. The first kappa shape index (κ1) is 19.3. The quantitative estimate of drug-likeness (QED) is 0.769. The summed E-state index contributed by atoms with van der Waals surface area (Å²) >= 11 is 0. The molecule has 0 bridgehead atoms. The normalized spacial score (nSPS) is 16.6. The Morgan fingerprint density at radius 2 is 1.72 bits per heavy atom. The highest BCUT2D eigenvalue weighted by Crippen LogP contribution is 2.47. The van der Waals surface area contributed by atoms with Crippen molar-refractivity contribution in [2.24, 2.45) is 0 Å². The van der Waals surface area contributed by atoms with E-state index in [2.05, 4.69) is 5.32 Å². The lowest BCUT2D eigenvalue weighted by Gasteiger charge is -2.22. The Balaban J connectivity index is 1.33. The molecular weight excluding hydrogens is 370 g/mol. The van der Waals surface area contributed by atoms with Crippen LogP contribution in [0.5, 0.6) is 11.5 Å². The molecule has 6 nitrogen and oxygen atoms in total. The van der Waals surface area contributed by atoms with Gasteiger partial charge >= 0.3 is 5.97 Å². The van der Waals surface area contributed by atoms with Gasteiger partial charge in [-0.15, -0.1) is 0 Å². The van der Waals surface area contributed by atoms with Crippen molar-refractivity contribution in [3.63, 3.8) is 0 Å². The highest BCUT2D eigenvalue weighted by Gasteiger charge is 2.44. The Bertz CT molecular complexity index is 916. The lowest BCUT2D eigenvalue weighted by atomic mass is 9.85. The van der Waals surface area contributed by atoms with E-state index >= 15 is 0 Å². The molecule has 6 heteroatoms. The molecule has 0 unspecified atom stereocenters. The van der Waals surface area contributed by atoms with Crippen LogP contribution in [0.2, 0.25) is 0 Å². The van der Waals surface area contributed by atoms with Crippen molar-refractivity contribution < 1.29 is 23.8 Å². The van der Waals surface area contributed by atoms with Crippen LogP contribution in [0.1, 0.15) is 45.1 Å². The molecule has 1 heterocycles. The van der Waals surface area contributed by atoms with E-state index in [0.29, 0.717) is 17.2 Å². The number of carbonyl (C=O) groups is 2. The van der Waals surface area contributed by atoms with Crippen LogP contribution < -0.4 is 14.8 Å². The van der Waals surface area contributed by atoms with E-state index in [4.69, 9.17) is 14.2 Å². The zero-order valence-electron chi connectivity index (χ0n) is 16.7. The van der Waals surface area contributed by atoms with E-state index in [9.17, 15) is 9.59 Å². The largest absolute Gasteiger partial charge is 0.455 e. The monoisotopic (exact) mass is 395 g/mol. The maximum Gasteiger partial charge on any atom is 0.316 e. The molecule has 2 aromatic carbocycles. The minimum absolute atomic E-state index is 0.354. The number of esters is 1. The molecule has 0 atom stereocenters. The molecular formula is C23H25NO5. The van der Waals surface area contributed by atoms with Crippen LogP contribution in [0, 0.1) is 0 Å². The minimum atomic E-state index is -0.837. The van der Waals surface area contributed by atoms with Crippen molar-refractivity contribution in [3.05, 3.63) is 54.1 Å². The molecule has 0 aromatic heterocycles. The van der Waals surface area contributed by atoms with Crippen molar-refractivity contribution in [2.45, 2.75) is 50.7 Å². The number of rotatable bonds is 5. The number of nitrogens with one attached hydrogen (secondary N) is 1. The van der Waals surface area contributed by atoms with Gasteiger partial charge in [-0.1, -0.05) is 30.3 Å². The third-order valence-electron chi connectivity index (χ3n) is 5.52. The second-order valence-corrected chi connectivity index (χ2v) is 8.10. The van der Waals surface area contributed by atoms with Crippen LogP contribution in [0.25, 0.3) is 0 Å². The van der Waals surface area contributed by atoms with Crippen LogP contribution in [0.3, 0.4) is 0 Å². The molecule has 0 saturated heterocycles. The van der Waals surface area contributed by atoms with E-state index in [0.717, 1.165) is 31.2 Å². The second-order valence-electron chi connectivity index (χ2n) is 8.10. The third-order valence-corrected chi connectivity index (χ3v) is 5.52. The molecule has 1 saturated carbocycles. The Kier molecular flexibility index (Phi) is 4.94. The fourth-order valence-corrected chi connectivity index (χ4v) is 3.77. The van der Waals surface area contributed by atoms with Gasteiger partial charge in [-0.3, -0.25) is 9.59 Å². The summed E-state index contributed by atoms with van der Waals surface area (Å²) in [5, 5.41) is 2.75. The van der Waals surface area contributed by atoms with Gasteiger partial charge in [-0.05, 0) is 44.4 Å². The summed E-state index contributed by atoms with van der Waals surface area (Å²) in [6.07, 6.45) is 3.91. The average molecular weight is 395 g/mol. The maximum absolute atomic E-state index is 12.5. The van der Waals surface area contributed by atoms with E-state index < -0.39 is 23.1 Å². The molecule has 2 aliphatic rings. The molecule has 1 N–H and O–H groups in total. The molecule has 0 radical (unpaired) electrons. The fourth-order valence-electron chi connectivity index (χ4n) is 3.77. The number of hydrogen-bond acceptors (Lipinski definition) is 5. The lowest BCUT2D eigenvalue weighted by molar-refractivity contribution is -0.152. The van der Waals surface area contributed by atoms with Crippen LogP contribution in [0.4, 0.5) is 5.69 Å². The van der Waals surface area contributed by atoms with Crippen LogP contribution >= 0.6 is 0 Å². The summed E-state index contributed by atoms with van der Waals surface area (Å²) in [5.74, 6) is -0.0685. The zero-order chi connectivity index (χ0) is 20.5. The zero-order valence-corrected chi connectivity index (χ0v) is 16.7. The average Bonchev–Trinajstić information content (AvgIpc) is 3.32. The van der Waals surface area contributed by atoms with Gasteiger partial charge < -0.3 is 19.5 Å². The van der Waals surface area contributed by atoms with Crippen molar-refractivity contribution in [3.8, 4) is 11.5 Å². The number of ether oxygens (including phenoxy) is 3. The lowest BCUT2D eigenvalue weighted by Crippen LogP contribution is -2.34. The van der Waals surface area contributed by atoms with Crippen LogP contribution in [0.15, 0.2) is 48.5 Å². The van der Waals surface area contributed by atoms with E-state index in [1.807, 2.05) is 30.3 Å². The smallest absolute Gasteiger partial charge is 0.316 e. The standard InChI is InChI=1S/C23H25NO5/c1-22(2,16-8-4-3-5-9-16)21(26)27-15-20(25)24-17-10-11-18-19(14-17)29-23(28-18)12-6-7-13-23/h3-5,8-11,14H,6-7,12-13,15H2,1-2H3,(H,24,25). The van der Waals surface area contributed by atoms with Crippen molar-refractivity contribution in [1.82, 2.24) is 0 Å². The van der Waals surface area contributed by atoms with Gasteiger partial charge in [-0.2, -0.15) is 0 Å². The number of hydrogen-bond donors (Lipinski definition) is 1. The predicted octanol–water partition coefficient (Wildman–Crippen LogP) is 4.19. The molecule has 1 amide bonds. The number of fused-ring (bicyclic) bond motifs is 1. The Labute approximate surface area is 170 Å². The van der Waals surface area contributed by atoms with Crippen LogP contribution in [-0.2, 0) is 19.7 Å². The van der Waals surface area contributed by atoms with Gasteiger partial charge in [-0.25, -0.2) is 0 Å². The molecule has 1 fully saturated rings. The molecule has 2 aromatic rings. The molecule has 1 aliphatic carbocycles. The third kappa shape index (κ3) is 3.92. The summed E-state index contributed by atoms with van der Waals surface area (Å²) in [6, 6.07) is 14.6. The number of anilines is 1. The van der Waals surface area contributed by atoms with Gasteiger partial charge in [0.05, 0.1) is 5.41 Å². The van der Waals surface area contributed by atoms with Gasteiger partial charge in [0, 0.05) is 24.6 Å². The van der Waals surface area contributed by atoms with Crippen molar-refractivity contribution in [1.29, 1.82) is 0 Å². The molecule has 1 aliphatic heterocycles. The Morgan fingerprint density at radius 1 is 1.03 bits per heavy atom. The molecule has 29 heavy (non-hydrogen) atoms. The summed E-state index contributed by atoms with van der Waals surface area (Å²) in [5.41, 5.74) is 0.573. The first-order valence-corrected chi connectivity index (χ1v) is 9.93. The predicted molar refractivity (Wildman–Crippen MR) is 108 cm³/mol. The van der Waals surface area contributed by atoms with Gasteiger partial charge in [0.25, 0.3) is 11.7 Å². The first-order valence-electron chi connectivity index (χ1n) is 9.93. The second kappa shape index (κ2) is 7.43. The van der Waals surface area contributed by atoms with E-state index in [-0.39, 0.29) is 6.61 Å². The summed E-state index contributed by atoms with van der Waals surface area (Å²) in [7, 11) is 0. The van der Waals surface area contributed by atoms with Gasteiger partial charge in [0.2, 0.25) is 0 Å². The number of carbonyl (C=O) groups excluding carboxylic acids is 2. The number of amides is 1. The molecule has 152 valence electrons. The summed E-state index contributed by atoms with van der Waals surface area (Å²) < 4.78 is 17.2. The number of benzene rings is 2. The Morgan fingerprint density at radius 3 is 2.45 bits per heavy atom. The first-order chi connectivity index (χ1) is 13.9. The minimum Gasteiger partial charge on any atom is -0.455 e. The van der Waals surface area contributed by atoms with Gasteiger partial charge in [0.15, 0.2) is 18.1 Å². The topological polar surface area (TPSA) is 73.9 Å². The SMILES string of the molecule is CC(C)(C(=O)OCC(=O)Nc1ccc2c(c1)OC1(CCCC1)O2)c1ccccc1.